The molecule has 0 aliphatic rings. The Bertz CT molecular complexity index is 919. The van der Waals surface area contributed by atoms with Crippen LogP contribution in [0.3, 0.4) is 0 Å². The van der Waals surface area contributed by atoms with Crippen molar-refractivity contribution in [1.29, 1.82) is 5.26 Å². The molecule has 2 aromatic heterocycles. The van der Waals surface area contributed by atoms with Crippen LogP contribution in [-0.4, -0.2) is 30.6 Å². The molecule has 8 heteroatoms. The first-order chi connectivity index (χ1) is 11.5. The zero-order valence-corrected chi connectivity index (χ0v) is 12.9. The Labute approximate surface area is 136 Å². The fourth-order valence-electron chi connectivity index (χ4n) is 2.01. The minimum absolute atomic E-state index is 0.0144. The van der Waals surface area contributed by atoms with E-state index in [1.165, 1.54) is 16.7 Å². The highest BCUT2D eigenvalue weighted by molar-refractivity contribution is 6.14. The number of pyridine rings is 2. The van der Waals surface area contributed by atoms with Crippen LogP contribution in [0.4, 0.5) is 5.69 Å². The summed E-state index contributed by atoms with van der Waals surface area (Å²) in [5.41, 5.74) is -0.156. The summed E-state index contributed by atoms with van der Waals surface area (Å²) >= 11 is 0. The molecule has 0 aliphatic carbocycles. The van der Waals surface area contributed by atoms with E-state index in [-0.39, 0.29) is 11.3 Å². The third-order valence-corrected chi connectivity index (χ3v) is 3.18. The fourth-order valence-corrected chi connectivity index (χ4v) is 2.01. The molecule has 2 heterocycles. The van der Waals surface area contributed by atoms with Crippen molar-refractivity contribution in [3.05, 3.63) is 58.2 Å². The summed E-state index contributed by atoms with van der Waals surface area (Å²) in [6.45, 7) is 0. The van der Waals surface area contributed by atoms with E-state index in [1.807, 2.05) is 6.07 Å². The van der Waals surface area contributed by atoms with Gasteiger partial charge in [-0.25, -0.2) is 9.59 Å². The van der Waals surface area contributed by atoms with Crippen molar-refractivity contribution in [3.8, 4) is 6.07 Å². The summed E-state index contributed by atoms with van der Waals surface area (Å²) in [6, 6.07) is 8.30. The number of carbonyl (C=O) groups excluding carboxylic acids is 2. The van der Waals surface area contributed by atoms with Crippen molar-refractivity contribution in [2.45, 2.75) is 0 Å². The molecule has 0 atom stereocenters. The number of methoxy groups -OCH3 is 2. The first-order valence-corrected chi connectivity index (χ1v) is 6.71. The Morgan fingerprint density at radius 3 is 2.50 bits per heavy atom. The Kier molecular flexibility index (Phi) is 4.96. The SMILES string of the molecule is COC(=O)C(=CNc1cc(C#N)c2ccccn2c1=O)C(=O)OC. The van der Waals surface area contributed by atoms with E-state index in [9.17, 15) is 19.6 Å². The fraction of sp³-hybridized carbons (Fsp3) is 0.125. The minimum Gasteiger partial charge on any atom is -0.465 e. The molecule has 0 spiro atoms. The van der Waals surface area contributed by atoms with Crippen LogP contribution >= 0.6 is 0 Å². The molecular weight excluding hydrogens is 314 g/mol. The van der Waals surface area contributed by atoms with Gasteiger partial charge in [-0.2, -0.15) is 5.26 Å². The van der Waals surface area contributed by atoms with Gasteiger partial charge in [0.15, 0.2) is 5.57 Å². The number of esters is 2. The summed E-state index contributed by atoms with van der Waals surface area (Å²) in [5, 5.41) is 11.8. The minimum atomic E-state index is -0.921. The zero-order chi connectivity index (χ0) is 17.7. The predicted octanol–water partition coefficient (Wildman–Crippen LogP) is 0.813. The molecule has 0 bridgehead atoms. The van der Waals surface area contributed by atoms with E-state index in [4.69, 9.17) is 0 Å². The van der Waals surface area contributed by atoms with Gasteiger partial charge >= 0.3 is 11.9 Å². The lowest BCUT2D eigenvalue weighted by atomic mass is 10.2. The normalized spacial score (nSPS) is 9.71. The average molecular weight is 327 g/mol. The summed E-state index contributed by atoms with van der Waals surface area (Å²) in [4.78, 5) is 35.6. The summed E-state index contributed by atoms with van der Waals surface area (Å²) < 4.78 is 10.3. The molecule has 24 heavy (non-hydrogen) atoms. The number of ether oxygens (including phenoxy) is 2. The van der Waals surface area contributed by atoms with Crippen LogP contribution < -0.4 is 10.9 Å². The standard InChI is InChI=1S/C16H13N3O5/c1-23-15(21)11(16(22)24-2)9-18-12-7-10(8-17)13-5-3-4-6-19(13)14(12)20/h3-7,9,18H,1-2H3. The molecule has 2 rings (SSSR count). The van der Waals surface area contributed by atoms with Crippen LogP contribution in [0, 0.1) is 11.3 Å². The van der Waals surface area contributed by atoms with E-state index in [2.05, 4.69) is 14.8 Å². The predicted molar refractivity (Wildman–Crippen MR) is 84.1 cm³/mol. The molecule has 0 aliphatic heterocycles. The molecule has 8 nitrogen and oxygen atoms in total. The summed E-state index contributed by atoms with van der Waals surface area (Å²) in [6.07, 6.45) is 2.51. The number of carbonyl (C=O) groups is 2. The van der Waals surface area contributed by atoms with Gasteiger partial charge < -0.3 is 14.8 Å². The van der Waals surface area contributed by atoms with E-state index < -0.39 is 23.1 Å². The van der Waals surface area contributed by atoms with E-state index in [1.54, 1.807) is 18.2 Å². The lowest BCUT2D eigenvalue weighted by Crippen LogP contribution is -2.20. The van der Waals surface area contributed by atoms with Crippen molar-refractivity contribution in [2.75, 3.05) is 19.5 Å². The Morgan fingerprint density at radius 1 is 1.25 bits per heavy atom. The van der Waals surface area contributed by atoms with Crippen molar-refractivity contribution in [1.82, 2.24) is 4.40 Å². The van der Waals surface area contributed by atoms with E-state index in [0.29, 0.717) is 5.52 Å². The first-order valence-electron chi connectivity index (χ1n) is 6.71. The second-order valence-electron chi connectivity index (χ2n) is 4.53. The lowest BCUT2D eigenvalue weighted by molar-refractivity contribution is -0.144. The number of aromatic nitrogens is 1. The van der Waals surface area contributed by atoms with Crippen LogP contribution in [0.25, 0.3) is 5.52 Å². The third-order valence-electron chi connectivity index (χ3n) is 3.18. The maximum absolute atomic E-state index is 12.4. The maximum atomic E-state index is 12.4. The molecule has 0 fully saturated rings. The Balaban J connectivity index is 2.54. The molecule has 0 aromatic carbocycles. The second-order valence-corrected chi connectivity index (χ2v) is 4.53. The Morgan fingerprint density at radius 2 is 1.92 bits per heavy atom. The molecule has 0 saturated heterocycles. The van der Waals surface area contributed by atoms with Crippen LogP contribution in [0.2, 0.25) is 0 Å². The van der Waals surface area contributed by atoms with Gasteiger partial charge in [0.05, 0.1) is 25.3 Å². The highest BCUT2D eigenvalue weighted by Crippen LogP contribution is 2.13. The maximum Gasteiger partial charge on any atom is 0.346 e. The average Bonchev–Trinajstić information content (AvgIpc) is 2.62. The molecular formula is C16H13N3O5. The van der Waals surface area contributed by atoms with Crippen molar-refractivity contribution >= 4 is 23.1 Å². The van der Waals surface area contributed by atoms with Crippen LogP contribution in [-0.2, 0) is 19.1 Å². The largest absolute Gasteiger partial charge is 0.465 e. The van der Waals surface area contributed by atoms with Gasteiger partial charge in [0.25, 0.3) is 5.56 Å². The number of fused-ring (bicyclic) bond motifs is 1. The van der Waals surface area contributed by atoms with Crippen molar-refractivity contribution in [2.24, 2.45) is 0 Å². The van der Waals surface area contributed by atoms with Crippen molar-refractivity contribution in [3.63, 3.8) is 0 Å². The van der Waals surface area contributed by atoms with Gasteiger partial charge in [0.1, 0.15) is 11.8 Å². The van der Waals surface area contributed by atoms with Gasteiger partial charge in [-0.1, -0.05) is 6.07 Å². The first kappa shape index (κ1) is 16.8. The molecule has 0 radical (unpaired) electrons. The summed E-state index contributed by atoms with van der Waals surface area (Å²) in [7, 11) is 2.22. The number of hydrogen-bond donors (Lipinski definition) is 1. The molecule has 2 aromatic rings. The monoisotopic (exact) mass is 327 g/mol. The van der Waals surface area contributed by atoms with Gasteiger partial charge in [-0.15, -0.1) is 0 Å². The molecule has 0 saturated carbocycles. The number of nitrogens with one attached hydrogen (secondary N) is 1. The summed E-state index contributed by atoms with van der Waals surface area (Å²) in [5.74, 6) is -1.84. The van der Waals surface area contributed by atoms with Gasteiger partial charge in [-0.05, 0) is 18.2 Å². The van der Waals surface area contributed by atoms with Gasteiger partial charge in [-0.3, -0.25) is 9.20 Å². The lowest BCUT2D eigenvalue weighted by Gasteiger charge is -2.08. The highest BCUT2D eigenvalue weighted by atomic mass is 16.5. The molecule has 0 unspecified atom stereocenters. The van der Waals surface area contributed by atoms with Crippen LogP contribution in [0.15, 0.2) is 47.0 Å². The smallest absolute Gasteiger partial charge is 0.346 e. The third kappa shape index (κ3) is 3.10. The number of rotatable bonds is 4. The highest BCUT2D eigenvalue weighted by Gasteiger charge is 2.20. The molecule has 122 valence electrons. The quantitative estimate of drug-likeness (QED) is 0.383. The number of nitriles is 1. The Hall–Kier alpha value is -3.60. The van der Waals surface area contributed by atoms with Crippen LogP contribution in [0.1, 0.15) is 5.56 Å². The molecule has 0 amide bonds. The van der Waals surface area contributed by atoms with E-state index in [0.717, 1.165) is 20.4 Å². The van der Waals surface area contributed by atoms with Gasteiger partial charge in [0.2, 0.25) is 0 Å². The number of hydrogen-bond acceptors (Lipinski definition) is 7. The topological polar surface area (TPSA) is 110 Å². The van der Waals surface area contributed by atoms with Crippen LogP contribution in [0.5, 0.6) is 0 Å². The van der Waals surface area contributed by atoms with Gasteiger partial charge in [0, 0.05) is 12.4 Å². The van der Waals surface area contributed by atoms with Crippen molar-refractivity contribution < 1.29 is 19.1 Å². The zero-order valence-electron chi connectivity index (χ0n) is 12.9. The van der Waals surface area contributed by atoms with E-state index >= 15 is 0 Å². The number of nitrogens with zero attached hydrogens (tertiary/aromatic N) is 2. The number of anilines is 1. The second kappa shape index (κ2) is 7.11. The molecule has 1 N–H and O–H groups in total.